The SMILES string of the molecule is CCNc1cccnc1S(=O)(=O)Nc1cc(C)ccc1Cl. The van der Waals surface area contributed by atoms with Crippen LogP contribution < -0.4 is 10.0 Å². The molecule has 112 valence electrons. The van der Waals surface area contributed by atoms with E-state index in [4.69, 9.17) is 11.6 Å². The lowest BCUT2D eigenvalue weighted by Gasteiger charge is -2.13. The molecule has 0 aliphatic heterocycles. The first-order valence-electron chi connectivity index (χ1n) is 6.42. The van der Waals surface area contributed by atoms with E-state index in [9.17, 15) is 8.42 Å². The molecule has 0 unspecified atom stereocenters. The van der Waals surface area contributed by atoms with Crippen molar-refractivity contribution in [3.63, 3.8) is 0 Å². The molecule has 0 fully saturated rings. The van der Waals surface area contributed by atoms with Crippen LogP contribution in [0.4, 0.5) is 11.4 Å². The van der Waals surface area contributed by atoms with Gasteiger partial charge in [-0.05, 0) is 43.7 Å². The number of hydrogen-bond donors (Lipinski definition) is 2. The first-order chi connectivity index (χ1) is 9.94. The highest BCUT2D eigenvalue weighted by Gasteiger charge is 2.21. The van der Waals surface area contributed by atoms with Gasteiger partial charge in [-0.15, -0.1) is 0 Å². The molecule has 0 atom stereocenters. The van der Waals surface area contributed by atoms with Crippen molar-refractivity contribution in [1.29, 1.82) is 0 Å². The first kappa shape index (κ1) is 15.6. The third-order valence-corrected chi connectivity index (χ3v) is 4.41. The van der Waals surface area contributed by atoms with Crippen LogP contribution in [0.2, 0.25) is 5.02 Å². The molecule has 5 nitrogen and oxygen atoms in total. The van der Waals surface area contributed by atoms with E-state index in [1.807, 2.05) is 19.9 Å². The first-order valence-corrected chi connectivity index (χ1v) is 8.28. The number of benzene rings is 1. The normalized spacial score (nSPS) is 11.2. The molecule has 0 amide bonds. The Hall–Kier alpha value is -1.79. The molecule has 1 aromatic carbocycles. The third kappa shape index (κ3) is 3.65. The Morgan fingerprint density at radius 3 is 2.71 bits per heavy atom. The molecule has 0 spiro atoms. The zero-order valence-corrected chi connectivity index (χ0v) is 13.3. The Morgan fingerprint density at radius 1 is 1.24 bits per heavy atom. The largest absolute Gasteiger partial charge is 0.383 e. The van der Waals surface area contributed by atoms with Crippen molar-refractivity contribution in [2.75, 3.05) is 16.6 Å². The maximum Gasteiger partial charge on any atom is 0.281 e. The van der Waals surface area contributed by atoms with Crippen LogP contribution in [0.1, 0.15) is 12.5 Å². The highest BCUT2D eigenvalue weighted by atomic mass is 35.5. The van der Waals surface area contributed by atoms with Gasteiger partial charge >= 0.3 is 0 Å². The second-order valence-electron chi connectivity index (χ2n) is 4.48. The fraction of sp³-hybridized carbons (Fsp3) is 0.214. The van der Waals surface area contributed by atoms with E-state index in [0.29, 0.717) is 22.9 Å². The summed E-state index contributed by atoms with van der Waals surface area (Å²) in [6, 6.07) is 8.48. The van der Waals surface area contributed by atoms with E-state index >= 15 is 0 Å². The number of aromatic nitrogens is 1. The Kier molecular flexibility index (Phi) is 4.69. The molecular formula is C14H16ClN3O2S. The topological polar surface area (TPSA) is 71.1 Å². The van der Waals surface area contributed by atoms with E-state index in [2.05, 4.69) is 15.0 Å². The summed E-state index contributed by atoms with van der Waals surface area (Å²) in [5.74, 6) is 0. The van der Waals surface area contributed by atoms with Gasteiger partial charge in [0.05, 0.1) is 16.4 Å². The predicted octanol–water partition coefficient (Wildman–Crippen LogP) is 3.28. The van der Waals surface area contributed by atoms with E-state index in [0.717, 1.165) is 5.56 Å². The van der Waals surface area contributed by atoms with Crippen molar-refractivity contribution in [3.05, 3.63) is 47.1 Å². The fourth-order valence-corrected chi connectivity index (χ4v) is 3.25. The Morgan fingerprint density at radius 2 is 2.00 bits per heavy atom. The van der Waals surface area contributed by atoms with Crippen molar-refractivity contribution in [2.24, 2.45) is 0 Å². The van der Waals surface area contributed by atoms with Crippen molar-refractivity contribution in [3.8, 4) is 0 Å². The van der Waals surface area contributed by atoms with Gasteiger partial charge in [-0.25, -0.2) is 4.98 Å². The van der Waals surface area contributed by atoms with Gasteiger partial charge in [-0.2, -0.15) is 8.42 Å². The third-order valence-electron chi connectivity index (χ3n) is 2.76. The van der Waals surface area contributed by atoms with Crippen molar-refractivity contribution in [1.82, 2.24) is 4.98 Å². The predicted molar refractivity (Wildman–Crippen MR) is 85.4 cm³/mol. The number of anilines is 2. The monoisotopic (exact) mass is 325 g/mol. The summed E-state index contributed by atoms with van der Waals surface area (Å²) in [5.41, 5.74) is 1.70. The van der Waals surface area contributed by atoms with Gasteiger partial charge in [0.2, 0.25) is 0 Å². The lowest BCUT2D eigenvalue weighted by atomic mass is 10.2. The Bertz CT molecular complexity index is 748. The van der Waals surface area contributed by atoms with Crippen LogP contribution in [0.5, 0.6) is 0 Å². The fourth-order valence-electron chi connectivity index (χ4n) is 1.84. The number of pyridine rings is 1. The van der Waals surface area contributed by atoms with Gasteiger partial charge < -0.3 is 5.32 Å². The highest BCUT2D eigenvalue weighted by Crippen LogP contribution is 2.27. The van der Waals surface area contributed by atoms with E-state index in [-0.39, 0.29) is 5.03 Å². The van der Waals surface area contributed by atoms with Gasteiger partial charge in [0.1, 0.15) is 0 Å². The van der Waals surface area contributed by atoms with E-state index in [1.165, 1.54) is 6.20 Å². The summed E-state index contributed by atoms with van der Waals surface area (Å²) in [7, 11) is -3.81. The summed E-state index contributed by atoms with van der Waals surface area (Å²) in [6.45, 7) is 4.34. The number of nitrogens with zero attached hydrogens (tertiary/aromatic N) is 1. The van der Waals surface area contributed by atoms with Crippen LogP contribution in [-0.4, -0.2) is 19.9 Å². The number of sulfonamides is 1. The Labute approximate surface area is 129 Å². The molecule has 2 N–H and O–H groups in total. The van der Waals surface area contributed by atoms with Gasteiger partial charge in [0.25, 0.3) is 10.0 Å². The van der Waals surface area contributed by atoms with Crippen LogP contribution in [0, 0.1) is 6.92 Å². The molecule has 0 radical (unpaired) electrons. The maximum absolute atomic E-state index is 12.5. The van der Waals surface area contributed by atoms with Crippen molar-refractivity contribution < 1.29 is 8.42 Å². The quantitative estimate of drug-likeness (QED) is 0.885. The zero-order valence-electron chi connectivity index (χ0n) is 11.7. The van der Waals surface area contributed by atoms with Crippen molar-refractivity contribution >= 4 is 33.0 Å². The standard InChI is InChI=1S/C14H16ClN3O2S/c1-3-16-12-5-4-8-17-14(12)21(19,20)18-13-9-10(2)6-7-11(13)15/h4-9,16,18H,3H2,1-2H3. The number of halogens is 1. The summed E-state index contributed by atoms with van der Waals surface area (Å²) >= 11 is 6.03. The number of hydrogen-bond acceptors (Lipinski definition) is 4. The highest BCUT2D eigenvalue weighted by molar-refractivity contribution is 7.92. The van der Waals surface area contributed by atoms with Gasteiger partial charge in [0.15, 0.2) is 5.03 Å². The number of aryl methyl sites for hydroxylation is 1. The lowest BCUT2D eigenvalue weighted by Crippen LogP contribution is -2.17. The molecule has 0 saturated carbocycles. The number of nitrogens with one attached hydrogen (secondary N) is 2. The summed E-state index contributed by atoms with van der Waals surface area (Å²) < 4.78 is 27.5. The molecule has 2 rings (SSSR count). The van der Waals surface area contributed by atoms with Crippen LogP contribution in [0.3, 0.4) is 0 Å². The average molecular weight is 326 g/mol. The van der Waals surface area contributed by atoms with E-state index in [1.54, 1.807) is 24.3 Å². The minimum Gasteiger partial charge on any atom is -0.383 e. The maximum atomic E-state index is 12.5. The Balaban J connectivity index is 2.41. The molecule has 2 aromatic rings. The minimum atomic E-state index is -3.81. The minimum absolute atomic E-state index is 0.0515. The molecule has 0 aliphatic carbocycles. The molecule has 21 heavy (non-hydrogen) atoms. The van der Waals surface area contributed by atoms with Crippen LogP contribution >= 0.6 is 11.6 Å². The van der Waals surface area contributed by atoms with Crippen LogP contribution in [-0.2, 0) is 10.0 Å². The van der Waals surface area contributed by atoms with E-state index < -0.39 is 10.0 Å². The zero-order chi connectivity index (χ0) is 15.5. The van der Waals surface area contributed by atoms with Gasteiger partial charge in [0, 0.05) is 12.7 Å². The lowest BCUT2D eigenvalue weighted by molar-refractivity contribution is 0.598. The number of rotatable bonds is 5. The molecular weight excluding hydrogens is 310 g/mol. The molecule has 0 aliphatic rings. The molecule has 0 saturated heterocycles. The van der Waals surface area contributed by atoms with Gasteiger partial charge in [-0.1, -0.05) is 17.7 Å². The van der Waals surface area contributed by atoms with Crippen LogP contribution in [0.25, 0.3) is 0 Å². The second-order valence-corrected chi connectivity index (χ2v) is 6.48. The van der Waals surface area contributed by atoms with Crippen LogP contribution in [0.15, 0.2) is 41.6 Å². The molecule has 0 bridgehead atoms. The summed E-state index contributed by atoms with van der Waals surface area (Å²) in [5, 5.41) is 3.27. The van der Waals surface area contributed by atoms with Crippen molar-refractivity contribution in [2.45, 2.75) is 18.9 Å². The smallest absolute Gasteiger partial charge is 0.281 e. The molecule has 7 heteroatoms. The molecule has 1 heterocycles. The average Bonchev–Trinajstić information content (AvgIpc) is 2.43. The summed E-state index contributed by atoms with van der Waals surface area (Å²) in [4.78, 5) is 3.96. The summed E-state index contributed by atoms with van der Waals surface area (Å²) in [6.07, 6.45) is 1.44. The van der Waals surface area contributed by atoms with Gasteiger partial charge in [-0.3, -0.25) is 4.72 Å². The second kappa shape index (κ2) is 6.32. The molecule has 1 aromatic heterocycles.